The molecule has 1 aliphatic rings. The lowest BCUT2D eigenvalue weighted by Crippen LogP contribution is -2.35. The van der Waals surface area contributed by atoms with E-state index < -0.39 is 10.0 Å². The summed E-state index contributed by atoms with van der Waals surface area (Å²) in [5.41, 5.74) is 0.386. The zero-order valence-electron chi connectivity index (χ0n) is 10.0. The second-order valence-corrected chi connectivity index (χ2v) is 6.38. The van der Waals surface area contributed by atoms with E-state index in [-0.39, 0.29) is 5.82 Å². The lowest BCUT2D eigenvalue weighted by atomic mass is 10.1. The molecule has 0 saturated carbocycles. The highest BCUT2D eigenvalue weighted by Gasteiger charge is 2.21. The van der Waals surface area contributed by atoms with Crippen LogP contribution in [0.3, 0.4) is 0 Å². The molecule has 100 valence electrons. The number of anilines is 1. The number of piperidine rings is 1. The first kappa shape index (κ1) is 13.2. The molecule has 7 nitrogen and oxygen atoms in total. The molecule has 1 aromatic rings. The van der Waals surface area contributed by atoms with Crippen LogP contribution in [0.4, 0.5) is 5.82 Å². The minimum Gasteiger partial charge on any atom is -0.361 e. The van der Waals surface area contributed by atoms with Gasteiger partial charge in [-0.05, 0) is 19.3 Å². The highest BCUT2D eigenvalue weighted by Crippen LogP contribution is 2.17. The molecule has 0 unspecified atom stereocenters. The maximum Gasteiger partial charge on any atom is 0.231 e. The molecule has 9 heteroatoms. The average molecular weight is 289 g/mol. The van der Waals surface area contributed by atoms with Crippen molar-refractivity contribution in [1.29, 1.82) is 0 Å². The maximum absolute atomic E-state index is 11.2. The van der Waals surface area contributed by atoms with Crippen molar-refractivity contribution in [2.45, 2.75) is 19.3 Å². The quantitative estimate of drug-likeness (QED) is 0.780. The molecule has 1 aromatic heterocycles. The van der Waals surface area contributed by atoms with E-state index in [0.717, 1.165) is 32.2 Å². The summed E-state index contributed by atoms with van der Waals surface area (Å²) in [5.74, 6) is 0.160. The Bertz CT molecular complexity index is 533. The monoisotopic (exact) mass is 289 g/mol. The van der Waals surface area contributed by atoms with Gasteiger partial charge >= 0.3 is 0 Å². The Morgan fingerprint density at radius 3 is 2.61 bits per heavy atom. The largest absolute Gasteiger partial charge is 0.361 e. The predicted octanol–water partition coefficient (Wildman–Crippen LogP) is 0.338. The van der Waals surface area contributed by atoms with Crippen molar-refractivity contribution in [2.24, 2.45) is 0 Å². The summed E-state index contributed by atoms with van der Waals surface area (Å²) in [7, 11) is -3.38. The Balaban J connectivity index is 2.17. The van der Waals surface area contributed by atoms with Gasteiger partial charge in [0.2, 0.25) is 10.0 Å². The third-order valence-electron chi connectivity index (χ3n) is 2.68. The fraction of sp³-hybridized carbons (Fsp3) is 0.667. The lowest BCUT2D eigenvalue weighted by molar-refractivity contribution is 0.347. The Hall–Kier alpha value is -1.22. The lowest BCUT2D eigenvalue weighted by Gasteiger charge is -2.28. The van der Waals surface area contributed by atoms with E-state index in [0.29, 0.717) is 10.7 Å². The number of likely N-dealkylation sites (tertiary alicyclic amines) is 1. The molecule has 2 heterocycles. The van der Waals surface area contributed by atoms with Gasteiger partial charge in [0.15, 0.2) is 11.5 Å². The summed E-state index contributed by atoms with van der Waals surface area (Å²) >= 11 is 5.34. The van der Waals surface area contributed by atoms with Crippen molar-refractivity contribution in [2.75, 3.05) is 24.1 Å². The van der Waals surface area contributed by atoms with E-state index >= 15 is 0 Å². The highest BCUT2D eigenvalue weighted by molar-refractivity contribution is 7.92. The van der Waals surface area contributed by atoms with Crippen LogP contribution in [0.25, 0.3) is 0 Å². The molecule has 2 rings (SSSR count). The smallest absolute Gasteiger partial charge is 0.231 e. The third kappa shape index (κ3) is 3.16. The van der Waals surface area contributed by atoms with Crippen LogP contribution in [0.2, 0.25) is 0 Å². The molecule has 0 aromatic carbocycles. The van der Waals surface area contributed by atoms with Crippen LogP contribution in [0.1, 0.15) is 25.0 Å². The van der Waals surface area contributed by atoms with Gasteiger partial charge in [-0.3, -0.25) is 4.72 Å². The molecule has 0 radical (unpaired) electrons. The van der Waals surface area contributed by atoms with Crippen molar-refractivity contribution in [1.82, 2.24) is 20.3 Å². The van der Waals surface area contributed by atoms with Crippen LogP contribution in [-0.4, -0.2) is 53.1 Å². The van der Waals surface area contributed by atoms with Gasteiger partial charge in [-0.15, -0.1) is 5.10 Å². The van der Waals surface area contributed by atoms with E-state index in [4.69, 9.17) is 12.2 Å². The molecule has 0 aliphatic carbocycles. The van der Waals surface area contributed by atoms with Crippen LogP contribution in [0.5, 0.6) is 0 Å². The van der Waals surface area contributed by atoms with Crippen LogP contribution in [-0.2, 0) is 10.0 Å². The molecule has 0 atom stereocenters. The van der Waals surface area contributed by atoms with Crippen molar-refractivity contribution in [3.63, 3.8) is 0 Å². The van der Waals surface area contributed by atoms with E-state index in [1.165, 1.54) is 6.42 Å². The van der Waals surface area contributed by atoms with Crippen LogP contribution in [0, 0.1) is 0 Å². The Labute approximate surface area is 111 Å². The van der Waals surface area contributed by atoms with E-state index in [9.17, 15) is 8.42 Å². The van der Waals surface area contributed by atoms with Crippen molar-refractivity contribution in [3.8, 4) is 0 Å². The van der Waals surface area contributed by atoms with Gasteiger partial charge in [0.05, 0.1) is 6.26 Å². The number of hydrogen-bond acceptors (Lipinski definition) is 5. The number of nitrogens with zero attached hydrogens (tertiary/aromatic N) is 3. The summed E-state index contributed by atoms with van der Waals surface area (Å²) in [6.45, 7) is 1.76. The molecule has 18 heavy (non-hydrogen) atoms. The maximum atomic E-state index is 11.2. The average Bonchev–Trinajstić information content (AvgIpc) is 2.75. The third-order valence-corrected chi connectivity index (χ3v) is 3.69. The second kappa shape index (κ2) is 5.19. The van der Waals surface area contributed by atoms with E-state index in [1.807, 2.05) is 4.90 Å². The number of H-pyrrole nitrogens is 1. The number of aromatic nitrogens is 3. The van der Waals surface area contributed by atoms with Gasteiger partial charge < -0.3 is 4.90 Å². The first-order chi connectivity index (χ1) is 8.47. The molecule has 0 spiro atoms. The number of sulfonamides is 1. The SMILES string of the molecule is CS(=O)(=O)Nc1n[nH]nc1C(=S)N1CCCCC1. The second-order valence-electron chi connectivity index (χ2n) is 4.25. The zero-order chi connectivity index (χ0) is 13.2. The molecule has 2 N–H and O–H groups in total. The topological polar surface area (TPSA) is 91.0 Å². The van der Waals surface area contributed by atoms with Gasteiger partial charge in [0.25, 0.3) is 0 Å². The van der Waals surface area contributed by atoms with Crippen LogP contribution in [0.15, 0.2) is 0 Å². The summed E-state index contributed by atoms with van der Waals surface area (Å²) < 4.78 is 24.7. The molecule has 0 bridgehead atoms. The summed E-state index contributed by atoms with van der Waals surface area (Å²) in [6.07, 6.45) is 4.45. The Kier molecular flexibility index (Phi) is 3.81. The van der Waals surface area contributed by atoms with E-state index in [2.05, 4.69) is 20.1 Å². The standard InChI is InChI=1S/C9H15N5O2S2/c1-18(15,16)12-8-7(10-13-11-8)9(17)14-5-3-2-4-6-14/h2-6H2,1H3,(H2,10,11,12,13). The number of nitrogens with one attached hydrogen (secondary N) is 2. The number of thiocarbonyl (C=S) groups is 1. The minimum atomic E-state index is -3.38. The zero-order valence-corrected chi connectivity index (χ0v) is 11.6. The predicted molar refractivity (Wildman–Crippen MR) is 72.0 cm³/mol. The molecular formula is C9H15N5O2S2. The Morgan fingerprint density at radius 1 is 1.33 bits per heavy atom. The number of rotatable bonds is 3. The van der Waals surface area contributed by atoms with Gasteiger partial charge in [-0.2, -0.15) is 10.3 Å². The minimum absolute atomic E-state index is 0.160. The summed E-state index contributed by atoms with van der Waals surface area (Å²) in [5, 5.41) is 10.1. The first-order valence-electron chi connectivity index (χ1n) is 5.65. The van der Waals surface area contributed by atoms with Gasteiger partial charge in [0.1, 0.15) is 4.99 Å². The normalized spacial score (nSPS) is 16.6. The number of hydrogen-bond donors (Lipinski definition) is 2. The van der Waals surface area contributed by atoms with Crippen molar-refractivity contribution >= 4 is 33.0 Å². The Morgan fingerprint density at radius 2 is 2.00 bits per heavy atom. The van der Waals surface area contributed by atoms with Gasteiger partial charge in [-0.1, -0.05) is 12.2 Å². The van der Waals surface area contributed by atoms with Crippen LogP contribution >= 0.6 is 12.2 Å². The van der Waals surface area contributed by atoms with Gasteiger partial charge in [0, 0.05) is 13.1 Å². The van der Waals surface area contributed by atoms with Crippen LogP contribution < -0.4 is 4.72 Å². The van der Waals surface area contributed by atoms with Crippen molar-refractivity contribution < 1.29 is 8.42 Å². The molecular weight excluding hydrogens is 274 g/mol. The van der Waals surface area contributed by atoms with Crippen molar-refractivity contribution in [3.05, 3.63) is 5.69 Å². The summed E-state index contributed by atoms with van der Waals surface area (Å²) in [4.78, 5) is 2.57. The molecule has 1 fully saturated rings. The molecule has 1 aliphatic heterocycles. The van der Waals surface area contributed by atoms with Gasteiger partial charge in [-0.25, -0.2) is 8.42 Å². The molecule has 0 amide bonds. The fourth-order valence-electron chi connectivity index (χ4n) is 1.87. The van der Waals surface area contributed by atoms with E-state index in [1.54, 1.807) is 0 Å². The first-order valence-corrected chi connectivity index (χ1v) is 7.95. The highest BCUT2D eigenvalue weighted by atomic mass is 32.2. The molecule has 1 saturated heterocycles. The summed E-state index contributed by atoms with van der Waals surface area (Å²) in [6, 6.07) is 0. The number of aromatic amines is 1. The fourth-order valence-corrected chi connectivity index (χ4v) is 2.69.